The molecule has 3 aromatic carbocycles. The number of carbonyl (C=O) groups is 2. The molecule has 0 saturated carbocycles. The Morgan fingerprint density at radius 2 is 1.58 bits per heavy atom. The number of fused-ring (bicyclic) bond motifs is 1. The van der Waals surface area contributed by atoms with E-state index >= 15 is 0 Å². The SMILES string of the molecule is CC(C)C(NC(=O)c1c(F)cccc1F)C(=O)Nc1ccc(-n2cnc3ccccc32)cc1. The molecule has 0 saturated heterocycles. The van der Waals surface area contributed by atoms with Crippen molar-refractivity contribution in [2.45, 2.75) is 19.9 Å². The lowest BCUT2D eigenvalue weighted by Crippen LogP contribution is -2.47. The zero-order chi connectivity index (χ0) is 23.5. The van der Waals surface area contributed by atoms with Crippen molar-refractivity contribution in [3.05, 3.63) is 90.3 Å². The quantitative estimate of drug-likeness (QED) is 0.449. The topological polar surface area (TPSA) is 76.0 Å². The number of nitrogens with zero attached hydrogens (tertiary/aromatic N) is 2. The number of halogens is 2. The number of hydrogen-bond acceptors (Lipinski definition) is 3. The maximum Gasteiger partial charge on any atom is 0.257 e. The van der Waals surface area contributed by atoms with E-state index in [4.69, 9.17) is 0 Å². The Hall–Kier alpha value is -4.07. The van der Waals surface area contributed by atoms with E-state index < -0.39 is 35.1 Å². The minimum atomic E-state index is -0.992. The van der Waals surface area contributed by atoms with Gasteiger partial charge in [0, 0.05) is 11.4 Å². The first-order valence-corrected chi connectivity index (χ1v) is 10.4. The van der Waals surface area contributed by atoms with Crippen molar-refractivity contribution in [1.29, 1.82) is 0 Å². The molecule has 168 valence electrons. The van der Waals surface area contributed by atoms with Crippen molar-refractivity contribution in [3.63, 3.8) is 0 Å². The van der Waals surface area contributed by atoms with Crippen LogP contribution in [-0.2, 0) is 4.79 Å². The molecule has 0 fully saturated rings. The molecule has 1 unspecified atom stereocenters. The van der Waals surface area contributed by atoms with Crippen LogP contribution < -0.4 is 10.6 Å². The second-order valence-corrected chi connectivity index (χ2v) is 7.93. The van der Waals surface area contributed by atoms with E-state index in [2.05, 4.69) is 15.6 Å². The van der Waals surface area contributed by atoms with Crippen molar-refractivity contribution in [1.82, 2.24) is 14.9 Å². The molecule has 1 atom stereocenters. The number of anilines is 1. The minimum Gasteiger partial charge on any atom is -0.340 e. The van der Waals surface area contributed by atoms with Gasteiger partial charge in [-0.15, -0.1) is 0 Å². The van der Waals surface area contributed by atoms with Crippen LogP contribution in [0.3, 0.4) is 0 Å². The van der Waals surface area contributed by atoms with Gasteiger partial charge in [-0.25, -0.2) is 13.8 Å². The summed E-state index contributed by atoms with van der Waals surface area (Å²) in [6, 6.07) is 17.0. The van der Waals surface area contributed by atoms with Gasteiger partial charge in [0.2, 0.25) is 5.91 Å². The van der Waals surface area contributed by atoms with E-state index in [1.807, 2.05) is 41.0 Å². The number of rotatable bonds is 6. The van der Waals surface area contributed by atoms with Gasteiger partial charge in [-0.1, -0.05) is 32.0 Å². The van der Waals surface area contributed by atoms with Gasteiger partial charge >= 0.3 is 0 Å². The average Bonchev–Trinajstić information content (AvgIpc) is 3.22. The van der Waals surface area contributed by atoms with E-state index in [1.165, 1.54) is 6.07 Å². The van der Waals surface area contributed by atoms with Crippen molar-refractivity contribution < 1.29 is 18.4 Å². The number of amides is 2. The van der Waals surface area contributed by atoms with E-state index in [0.29, 0.717) is 5.69 Å². The second kappa shape index (κ2) is 9.20. The summed E-state index contributed by atoms with van der Waals surface area (Å²) in [5, 5.41) is 5.20. The van der Waals surface area contributed by atoms with Crippen LogP contribution in [0.5, 0.6) is 0 Å². The smallest absolute Gasteiger partial charge is 0.257 e. The first-order chi connectivity index (χ1) is 15.8. The van der Waals surface area contributed by atoms with Crippen molar-refractivity contribution in [2.75, 3.05) is 5.32 Å². The molecule has 0 aliphatic rings. The molecular formula is C25H22F2N4O2. The Morgan fingerprint density at radius 1 is 0.909 bits per heavy atom. The van der Waals surface area contributed by atoms with Crippen molar-refractivity contribution >= 4 is 28.5 Å². The van der Waals surface area contributed by atoms with E-state index in [9.17, 15) is 18.4 Å². The lowest BCUT2D eigenvalue weighted by Gasteiger charge is -2.22. The second-order valence-electron chi connectivity index (χ2n) is 7.93. The van der Waals surface area contributed by atoms with Crippen LogP contribution >= 0.6 is 0 Å². The molecule has 0 aliphatic carbocycles. The first kappa shape index (κ1) is 22.1. The molecule has 1 aromatic heterocycles. The highest BCUT2D eigenvalue weighted by Crippen LogP contribution is 2.20. The Bertz CT molecular complexity index is 1300. The molecule has 4 aromatic rings. The molecular weight excluding hydrogens is 426 g/mol. The molecule has 0 aliphatic heterocycles. The van der Waals surface area contributed by atoms with Gasteiger partial charge < -0.3 is 10.6 Å². The summed E-state index contributed by atoms with van der Waals surface area (Å²) in [6.45, 7) is 3.46. The molecule has 1 heterocycles. The number of nitrogens with one attached hydrogen (secondary N) is 2. The predicted molar refractivity (Wildman–Crippen MR) is 122 cm³/mol. The van der Waals surface area contributed by atoms with Crippen LogP contribution in [0, 0.1) is 17.6 Å². The Morgan fingerprint density at radius 3 is 2.24 bits per heavy atom. The highest BCUT2D eigenvalue weighted by molar-refractivity contribution is 6.01. The van der Waals surface area contributed by atoms with Crippen molar-refractivity contribution in [2.24, 2.45) is 5.92 Å². The number of para-hydroxylation sites is 2. The summed E-state index contributed by atoms with van der Waals surface area (Å²) in [4.78, 5) is 29.7. The summed E-state index contributed by atoms with van der Waals surface area (Å²) < 4.78 is 29.8. The van der Waals surface area contributed by atoms with Gasteiger partial charge in [-0.05, 0) is 54.4 Å². The Balaban J connectivity index is 1.49. The fourth-order valence-corrected chi connectivity index (χ4v) is 3.55. The van der Waals surface area contributed by atoms with Crippen LogP contribution in [0.4, 0.5) is 14.5 Å². The number of carbonyl (C=O) groups excluding carboxylic acids is 2. The summed E-state index contributed by atoms with van der Waals surface area (Å²) in [7, 11) is 0. The fourth-order valence-electron chi connectivity index (χ4n) is 3.55. The minimum absolute atomic E-state index is 0.319. The van der Waals surface area contributed by atoms with Crippen LogP contribution in [0.2, 0.25) is 0 Å². The van der Waals surface area contributed by atoms with Crippen LogP contribution in [0.25, 0.3) is 16.7 Å². The third-order valence-electron chi connectivity index (χ3n) is 5.29. The zero-order valence-electron chi connectivity index (χ0n) is 18.0. The Kier molecular flexibility index (Phi) is 6.17. The maximum atomic E-state index is 13.9. The maximum absolute atomic E-state index is 13.9. The largest absolute Gasteiger partial charge is 0.340 e. The molecule has 2 amide bonds. The molecule has 33 heavy (non-hydrogen) atoms. The highest BCUT2D eigenvalue weighted by atomic mass is 19.1. The van der Waals surface area contributed by atoms with Gasteiger partial charge in [0.15, 0.2) is 0 Å². The van der Waals surface area contributed by atoms with Crippen LogP contribution in [0.1, 0.15) is 24.2 Å². The lowest BCUT2D eigenvalue weighted by atomic mass is 10.0. The monoisotopic (exact) mass is 448 g/mol. The fraction of sp³-hybridized carbons (Fsp3) is 0.160. The normalized spacial score (nSPS) is 12.0. The van der Waals surface area contributed by atoms with Gasteiger partial charge in [0.05, 0.1) is 11.0 Å². The van der Waals surface area contributed by atoms with Gasteiger partial charge in [0.1, 0.15) is 29.6 Å². The number of hydrogen-bond donors (Lipinski definition) is 2. The standard InChI is InChI=1S/C25H22F2N4O2/c1-15(2)23(30-24(32)22-18(26)6-5-7-19(22)27)25(33)29-16-10-12-17(13-11-16)31-14-28-20-8-3-4-9-21(20)31/h3-15,23H,1-2H3,(H,29,33)(H,30,32). The highest BCUT2D eigenvalue weighted by Gasteiger charge is 2.27. The van der Waals surface area contributed by atoms with E-state index in [-0.39, 0.29) is 5.92 Å². The zero-order valence-corrected chi connectivity index (χ0v) is 18.0. The van der Waals surface area contributed by atoms with Crippen molar-refractivity contribution in [3.8, 4) is 5.69 Å². The molecule has 8 heteroatoms. The predicted octanol–water partition coefficient (Wildman–Crippen LogP) is 4.70. The third kappa shape index (κ3) is 4.59. The molecule has 0 radical (unpaired) electrons. The number of imidazole rings is 1. The van der Waals surface area contributed by atoms with E-state index in [0.717, 1.165) is 28.9 Å². The molecule has 4 rings (SSSR count). The number of benzene rings is 3. The Labute approximate surface area is 189 Å². The van der Waals surface area contributed by atoms with Gasteiger partial charge in [0.25, 0.3) is 5.91 Å². The van der Waals surface area contributed by atoms with Gasteiger partial charge in [-0.3, -0.25) is 14.2 Å². The summed E-state index contributed by atoms with van der Waals surface area (Å²) >= 11 is 0. The summed E-state index contributed by atoms with van der Waals surface area (Å²) in [5.41, 5.74) is 2.50. The first-order valence-electron chi connectivity index (χ1n) is 10.4. The average molecular weight is 448 g/mol. The molecule has 0 bridgehead atoms. The third-order valence-corrected chi connectivity index (χ3v) is 5.29. The van der Waals surface area contributed by atoms with Crippen LogP contribution in [-0.4, -0.2) is 27.4 Å². The number of aromatic nitrogens is 2. The molecule has 2 N–H and O–H groups in total. The molecule has 0 spiro atoms. The lowest BCUT2D eigenvalue weighted by molar-refractivity contribution is -0.118. The molecule has 6 nitrogen and oxygen atoms in total. The summed E-state index contributed by atoms with van der Waals surface area (Å²) in [5.74, 6) is -3.77. The van der Waals surface area contributed by atoms with E-state index in [1.54, 1.807) is 32.3 Å². The van der Waals surface area contributed by atoms with Gasteiger partial charge in [-0.2, -0.15) is 0 Å². The summed E-state index contributed by atoms with van der Waals surface area (Å²) in [6.07, 6.45) is 1.73. The van der Waals surface area contributed by atoms with Crippen LogP contribution in [0.15, 0.2) is 73.1 Å².